The molecule has 0 saturated carbocycles. The first-order valence-electron chi connectivity index (χ1n) is 6.49. The van der Waals surface area contributed by atoms with Crippen molar-refractivity contribution in [1.82, 2.24) is 20.4 Å². The minimum atomic E-state index is 0.0454. The lowest BCUT2D eigenvalue weighted by atomic mass is 10.1. The van der Waals surface area contributed by atoms with Crippen LogP contribution in [0.25, 0.3) is 11.5 Å². The molecule has 3 rings (SSSR count). The maximum Gasteiger partial charge on any atom is 0.247 e. The van der Waals surface area contributed by atoms with Gasteiger partial charge >= 0.3 is 0 Å². The molecule has 0 radical (unpaired) electrons. The first kappa shape index (κ1) is 14.2. The Bertz CT molecular complexity index is 736. The maximum absolute atomic E-state index is 5.76. The number of rotatable bonds is 4. The van der Waals surface area contributed by atoms with Crippen LogP contribution in [0.4, 0.5) is 0 Å². The number of aromatic nitrogens is 4. The van der Waals surface area contributed by atoms with E-state index in [1.54, 1.807) is 23.1 Å². The van der Waals surface area contributed by atoms with E-state index in [1.165, 1.54) is 5.56 Å². The molecular weight excluding hydrogens is 304 g/mol. The van der Waals surface area contributed by atoms with Gasteiger partial charge in [-0.25, -0.2) is 0 Å². The molecule has 5 nitrogen and oxygen atoms in total. The van der Waals surface area contributed by atoms with E-state index >= 15 is 0 Å². The normalized spacial score (nSPS) is 12.5. The molecule has 0 amide bonds. The standard InChI is InChI=1S/C14H14N4OS2/c1-8-4-6-11(7-5-8)13-17-16-12(19-13)9(2)20-14-18-15-10(3)21-14/h4-7,9H,1-3H3/t9-/m0/s1. The summed E-state index contributed by atoms with van der Waals surface area (Å²) < 4.78 is 6.68. The third-order valence-corrected chi connectivity index (χ3v) is 4.88. The SMILES string of the molecule is Cc1ccc(-c2nnc([C@H](C)Sc3nnc(C)s3)o2)cc1. The zero-order chi connectivity index (χ0) is 14.8. The zero-order valence-electron chi connectivity index (χ0n) is 11.9. The van der Waals surface area contributed by atoms with Crippen molar-refractivity contribution in [2.45, 2.75) is 30.4 Å². The first-order chi connectivity index (χ1) is 10.1. The van der Waals surface area contributed by atoms with Gasteiger partial charge in [0.15, 0.2) is 4.34 Å². The summed E-state index contributed by atoms with van der Waals surface area (Å²) in [6.45, 7) is 6.01. The van der Waals surface area contributed by atoms with Crippen LogP contribution in [0.5, 0.6) is 0 Å². The van der Waals surface area contributed by atoms with Gasteiger partial charge < -0.3 is 4.42 Å². The average molecular weight is 318 g/mol. The van der Waals surface area contributed by atoms with Gasteiger partial charge in [0.1, 0.15) is 5.01 Å². The number of hydrogen-bond donors (Lipinski definition) is 0. The van der Waals surface area contributed by atoms with Crippen molar-refractivity contribution >= 4 is 23.1 Å². The highest BCUT2D eigenvalue weighted by Gasteiger charge is 2.18. The van der Waals surface area contributed by atoms with Crippen LogP contribution in [0.3, 0.4) is 0 Å². The Morgan fingerprint density at radius 1 is 1.05 bits per heavy atom. The van der Waals surface area contributed by atoms with Crippen LogP contribution in [0.15, 0.2) is 33.0 Å². The van der Waals surface area contributed by atoms with E-state index in [1.807, 2.05) is 45.0 Å². The fourth-order valence-corrected chi connectivity index (χ4v) is 3.73. The molecule has 2 aromatic heterocycles. The Morgan fingerprint density at radius 2 is 1.81 bits per heavy atom. The Kier molecular flexibility index (Phi) is 4.03. The van der Waals surface area contributed by atoms with Gasteiger partial charge in [-0.15, -0.1) is 20.4 Å². The van der Waals surface area contributed by atoms with Gasteiger partial charge in [-0.05, 0) is 32.9 Å². The number of aryl methyl sites for hydroxylation is 2. The highest BCUT2D eigenvalue weighted by molar-refractivity contribution is 8.01. The highest BCUT2D eigenvalue weighted by atomic mass is 32.2. The summed E-state index contributed by atoms with van der Waals surface area (Å²) >= 11 is 3.14. The van der Waals surface area contributed by atoms with Gasteiger partial charge in [0.25, 0.3) is 0 Å². The Labute approximate surface area is 130 Å². The molecule has 0 saturated heterocycles. The van der Waals surface area contributed by atoms with Crippen molar-refractivity contribution in [3.8, 4) is 11.5 Å². The monoisotopic (exact) mass is 318 g/mol. The quantitative estimate of drug-likeness (QED) is 0.676. The van der Waals surface area contributed by atoms with Crippen molar-refractivity contribution in [3.63, 3.8) is 0 Å². The van der Waals surface area contributed by atoms with Gasteiger partial charge in [-0.1, -0.05) is 40.8 Å². The van der Waals surface area contributed by atoms with E-state index in [0.717, 1.165) is 14.9 Å². The van der Waals surface area contributed by atoms with E-state index in [2.05, 4.69) is 20.4 Å². The van der Waals surface area contributed by atoms with Gasteiger partial charge in [0.05, 0.1) is 5.25 Å². The molecule has 1 aromatic carbocycles. The van der Waals surface area contributed by atoms with E-state index in [4.69, 9.17) is 4.42 Å². The largest absolute Gasteiger partial charge is 0.419 e. The minimum absolute atomic E-state index is 0.0454. The molecule has 2 heterocycles. The van der Waals surface area contributed by atoms with Crippen LogP contribution in [0.2, 0.25) is 0 Å². The third kappa shape index (κ3) is 3.30. The highest BCUT2D eigenvalue weighted by Crippen LogP contribution is 2.36. The van der Waals surface area contributed by atoms with Crippen LogP contribution in [-0.2, 0) is 0 Å². The first-order valence-corrected chi connectivity index (χ1v) is 8.18. The lowest BCUT2D eigenvalue weighted by Crippen LogP contribution is -1.88. The second-order valence-corrected chi connectivity index (χ2v) is 7.43. The Balaban J connectivity index is 1.76. The smallest absolute Gasteiger partial charge is 0.247 e. The molecule has 0 bridgehead atoms. The maximum atomic E-state index is 5.76. The van der Waals surface area contributed by atoms with E-state index < -0.39 is 0 Å². The van der Waals surface area contributed by atoms with Gasteiger partial charge in [-0.3, -0.25) is 0 Å². The summed E-state index contributed by atoms with van der Waals surface area (Å²) in [5, 5.41) is 17.4. The molecule has 0 aliphatic rings. The number of nitrogens with zero attached hydrogens (tertiary/aromatic N) is 4. The number of thioether (sulfide) groups is 1. The zero-order valence-corrected chi connectivity index (χ0v) is 13.5. The summed E-state index contributed by atoms with van der Waals surface area (Å²) in [7, 11) is 0. The summed E-state index contributed by atoms with van der Waals surface area (Å²) in [6, 6.07) is 8.03. The van der Waals surface area contributed by atoms with Crippen molar-refractivity contribution in [3.05, 3.63) is 40.7 Å². The topological polar surface area (TPSA) is 64.7 Å². The molecule has 0 unspecified atom stereocenters. The van der Waals surface area contributed by atoms with E-state index in [-0.39, 0.29) is 5.25 Å². The van der Waals surface area contributed by atoms with Crippen molar-refractivity contribution in [1.29, 1.82) is 0 Å². The molecule has 0 spiro atoms. The van der Waals surface area contributed by atoms with Crippen molar-refractivity contribution < 1.29 is 4.42 Å². The van der Waals surface area contributed by atoms with Crippen LogP contribution in [0, 0.1) is 13.8 Å². The molecule has 0 aliphatic heterocycles. The van der Waals surface area contributed by atoms with E-state index in [0.29, 0.717) is 11.8 Å². The van der Waals surface area contributed by atoms with Crippen LogP contribution in [0.1, 0.15) is 28.6 Å². The van der Waals surface area contributed by atoms with E-state index in [9.17, 15) is 0 Å². The van der Waals surface area contributed by atoms with Crippen molar-refractivity contribution in [2.75, 3.05) is 0 Å². The molecule has 0 N–H and O–H groups in total. The number of benzene rings is 1. The van der Waals surface area contributed by atoms with Crippen LogP contribution < -0.4 is 0 Å². The Morgan fingerprint density at radius 3 is 2.48 bits per heavy atom. The molecular formula is C14H14N4OS2. The summed E-state index contributed by atoms with van der Waals surface area (Å²) in [5.74, 6) is 1.15. The molecule has 108 valence electrons. The second kappa shape index (κ2) is 5.95. The summed E-state index contributed by atoms with van der Waals surface area (Å²) in [5.41, 5.74) is 2.14. The fourth-order valence-electron chi connectivity index (χ4n) is 1.74. The van der Waals surface area contributed by atoms with Gasteiger partial charge in [0.2, 0.25) is 11.8 Å². The molecule has 7 heteroatoms. The van der Waals surface area contributed by atoms with Crippen LogP contribution in [-0.4, -0.2) is 20.4 Å². The van der Waals surface area contributed by atoms with Gasteiger partial charge in [0, 0.05) is 5.56 Å². The van der Waals surface area contributed by atoms with Gasteiger partial charge in [-0.2, -0.15) is 0 Å². The fraction of sp³-hybridized carbons (Fsp3) is 0.286. The lowest BCUT2D eigenvalue weighted by molar-refractivity contribution is 0.509. The summed E-state index contributed by atoms with van der Waals surface area (Å²) in [6.07, 6.45) is 0. The Hall–Kier alpha value is -1.73. The molecule has 1 atom stereocenters. The third-order valence-electron chi connectivity index (χ3n) is 2.87. The summed E-state index contributed by atoms with van der Waals surface area (Å²) in [4.78, 5) is 0. The molecule has 21 heavy (non-hydrogen) atoms. The molecule has 0 fully saturated rings. The second-order valence-electron chi connectivity index (χ2n) is 4.66. The predicted octanol–water partition coefficient (Wildman–Crippen LogP) is 4.06. The predicted molar refractivity (Wildman–Crippen MR) is 83.4 cm³/mol. The molecule has 0 aliphatic carbocycles. The minimum Gasteiger partial charge on any atom is -0.419 e. The van der Waals surface area contributed by atoms with Crippen LogP contribution >= 0.6 is 23.1 Å². The van der Waals surface area contributed by atoms with Crippen molar-refractivity contribution in [2.24, 2.45) is 0 Å². The lowest BCUT2D eigenvalue weighted by Gasteiger charge is -2.02. The molecule has 3 aromatic rings. The number of hydrogen-bond acceptors (Lipinski definition) is 7. The average Bonchev–Trinajstić information content (AvgIpc) is 3.09.